The fourth-order valence-electron chi connectivity index (χ4n) is 4.50. The summed E-state index contributed by atoms with van der Waals surface area (Å²) in [7, 11) is 0. The minimum atomic E-state index is -0.852. The van der Waals surface area contributed by atoms with Crippen LogP contribution in [-0.4, -0.2) is 41.1 Å². The number of likely N-dealkylation sites (tertiary alicyclic amines) is 1. The molecule has 0 unspecified atom stereocenters. The number of carbonyl (C=O) groups is 2. The molecule has 5 nitrogen and oxygen atoms in total. The van der Waals surface area contributed by atoms with Crippen LogP contribution >= 0.6 is 0 Å². The number of hydrogen-bond donors (Lipinski definition) is 1. The molecule has 4 rings (SSSR count). The number of amides is 1. The van der Waals surface area contributed by atoms with Gasteiger partial charge in [0.2, 0.25) is 5.91 Å². The van der Waals surface area contributed by atoms with Gasteiger partial charge in [-0.05, 0) is 41.9 Å². The van der Waals surface area contributed by atoms with Crippen LogP contribution in [-0.2, 0) is 22.4 Å². The van der Waals surface area contributed by atoms with Crippen LogP contribution in [0.2, 0.25) is 0 Å². The summed E-state index contributed by atoms with van der Waals surface area (Å²) in [6.07, 6.45) is 4.22. The lowest BCUT2D eigenvalue weighted by atomic mass is 9.94. The average Bonchev–Trinajstić information content (AvgIpc) is 3.20. The van der Waals surface area contributed by atoms with E-state index in [1.54, 1.807) is 4.90 Å². The maximum atomic E-state index is 12.7. The molecule has 5 heteroatoms. The number of hydrogen-bond acceptors (Lipinski definition) is 3. The van der Waals surface area contributed by atoms with Crippen molar-refractivity contribution in [3.63, 3.8) is 0 Å². The number of nitrogens with zero attached hydrogens (tertiary/aromatic N) is 1. The zero-order chi connectivity index (χ0) is 16.0. The molecule has 122 valence electrons. The predicted molar refractivity (Wildman–Crippen MR) is 83.3 cm³/mol. The van der Waals surface area contributed by atoms with Gasteiger partial charge in [-0.3, -0.25) is 4.79 Å². The van der Waals surface area contributed by atoms with Crippen molar-refractivity contribution in [1.29, 1.82) is 0 Å². The van der Waals surface area contributed by atoms with Gasteiger partial charge in [-0.15, -0.1) is 0 Å². The molecule has 0 spiro atoms. The second-order valence-electron chi connectivity index (χ2n) is 6.90. The summed E-state index contributed by atoms with van der Waals surface area (Å²) in [5.41, 5.74) is 2.09. The van der Waals surface area contributed by atoms with E-state index in [-0.39, 0.29) is 18.2 Å². The van der Waals surface area contributed by atoms with Gasteiger partial charge >= 0.3 is 5.97 Å². The predicted octanol–water partition coefficient (Wildman–Crippen LogP) is 1.88. The fraction of sp³-hybridized carbons (Fsp3) is 0.556. The molecular formula is C18H21NO4. The van der Waals surface area contributed by atoms with Crippen molar-refractivity contribution in [2.24, 2.45) is 11.8 Å². The van der Waals surface area contributed by atoms with E-state index in [0.29, 0.717) is 19.1 Å². The first-order valence-electron chi connectivity index (χ1n) is 8.40. The highest BCUT2D eigenvalue weighted by Gasteiger charge is 2.49. The van der Waals surface area contributed by atoms with E-state index in [4.69, 9.17) is 4.74 Å². The third-order valence-corrected chi connectivity index (χ3v) is 5.57. The molecule has 1 amide bonds. The third-order valence-electron chi connectivity index (χ3n) is 5.57. The maximum Gasteiger partial charge on any atom is 0.326 e. The molecule has 3 atom stereocenters. The summed E-state index contributed by atoms with van der Waals surface area (Å²) in [4.78, 5) is 26.0. The first-order chi connectivity index (χ1) is 11.1. The highest BCUT2D eigenvalue weighted by molar-refractivity contribution is 5.86. The summed E-state index contributed by atoms with van der Waals surface area (Å²) in [5, 5.41) is 9.56. The molecule has 1 N–H and O–H groups in total. The van der Waals surface area contributed by atoms with Gasteiger partial charge in [0.25, 0.3) is 0 Å². The van der Waals surface area contributed by atoms with Crippen molar-refractivity contribution < 1.29 is 19.4 Å². The SMILES string of the molecule is O=C(O)[C@@H]1[C@@H]2CCC[C@H]2CN1C(=O)Cc1ccc2c(c1)CCO2. The van der Waals surface area contributed by atoms with Crippen molar-refractivity contribution >= 4 is 11.9 Å². The van der Waals surface area contributed by atoms with Gasteiger partial charge in [-0.1, -0.05) is 18.6 Å². The Labute approximate surface area is 135 Å². The number of carbonyl (C=O) groups excluding carboxylic acids is 1. The van der Waals surface area contributed by atoms with Crippen LogP contribution in [0.15, 0.2) is 18.2 Å². The van der Waals surface area contributed by atoms with Crippen LogP contribution in [0.4, 0.5) is 0 Å². The first kappa shape index (κ1) is 14.5. The minimum Gasteiger partial charge on any atom is -0.493 e. The molecule has 1 aromatic carbocycles. The number of fused-ring (bicyclic) bond motifs is 2. The molecular weight excluding hydrogens is 294 g/mol. The Morgan fingerprint density at radius 1 is 1.30 bits per heavy atom. The molecule has 2 heterocycles. The summed E-state index contributed by atoms with van der Waals surface area (Å²) in [6, 6.07) is 5.22. The van der Waals surface area contributed by atoms with E-state index < -0.39 is 12.0 Å². The Balaban J connectivity index is 1.51. The molecule has 23 heavy (non-hydrogen) atoms. The van der Waals surface area contributed by atoms with Crippen molar-refractivity contribution in [2.75, 3.05) is 13.2 Å². The molecule has 0 bridgehead atoms. The average molecular weight is 315 g/mol. The number of rotatable bonds is 3. The highest BCUT2D eigenvalue weighted by Crippen LogP contribution is 2.42. The minimum absolute atomic E-state index is 0.0642. The van der Waals surface area contributed by atoms with Gasteiger partial charge in [-0.25, -0.2) is 4.79 Å². The molecule has 0 aromatic heterocycles. The van der Waals surface area contributed by atoms with Gasteiger partial charge in [0.1, 0.15) is 11.8 Å². The van der Waals surface area contributed by atoms with Gasteiger partial charge in [0, 0.05) is 13.0 Å². The van der Waals surface area contributed by atoms with E-state index in [0.717, 1.165) is 42.6 Å². The van der Waals surface area contributed by atoms with Crippen LogP contribution in [0, 0.1) is 11.8 Å². The second kappa shape index (κ2) is 5.55. The maximum absolute atomic E-state index is 12.7. The molecule has 1 aromatic rings. The molecule has 2 aliphatic heterocycles. The van der Waals surface area contributed by atoms with Crippen molar-refractivity contribution in [3.8, 4) is 5.75 Å². The molecule has 1 saturated carbocycles. The number of carboxylic acids is 1. The second-order valence-corrected chi connectivity index (χ2v) is 6.90. The number of aliphatic carboxylic acids is 1. The van der Waals surface area contributed by atoms with Crippen LogP contribution in [0.25, 0.3) is 0 Å². The lowest BCUT2D eigenvalue weighted by molar-refractivity contribution is -0.149. The normalized spacial score (nSPS) is 28.3. The van der Waals surface area contributed by atoms with Gasteiger partial charge < -0.3 is 14.7 Å². The summed E-state index contributed by atoms with van der Waals surface area (Å²) < 4.78 is 5.48. The van der Waals surface area contributed by atoms with Crippen molar-refractivity contribution in [1.82, 2.24) is 4.90 Å². The number of carboxylic acid groups (broad SMARTS) is 1. The van der Waals surface area contributed by atoms with Gasteiger partial charge in [-0.2, -0.15) is 0 Å². The van der Waals surface area contributed by atoms with E-state index in [9.17, 15) is 14.7 Å². The van der Waals surface area contributed by atoms with Crippen LogP contribution in [0.5, 0.6) is 5.75 Å². The lowest BCUT2D eigenvalue weighted by Crippen LogP contribution is -2.43. The van der Waals surface area contributed by atoms with Crippen molar-refractivity contribution in [3.05, 3.63) is 29.3 Å². The highest BCUT2D eigenvalue weighted by atomic mass is 16.5. The number of benzene rings is 1. The van der Waals surface area contributed by atoms with E-state index >= 15 is 0 Å². The topological polar surface area (TPSA) is 66.8 Å². The summed E-state index contributed by atoms with van der Waals surface area (Å²) >= 11 is 0. The standard InChI is InChI=1S/C18H21NO4/c20-16(9-11-4-5-15-12(8-11)6-7-23-15)19-10-13-2-1-3-14(13)17(19)18(21)22/h4-5,8,13-14,17H,1-3,6-7,9-10H2,(H,21,22)/t13-,14+,17-/m0/s1. The number of ether oxygens (including phenoxy) is 1. The third kappa shape index (κ3) is 2.48. The van der Waals surface area contributed by atoms with Gasteiger partial charge in [0.05, 0.1) is 13.0 Å². The van der Waals surface area contributed by atoms with Gasteiger partial charge in [0.15, 0.2) is 0 Å². The monoisotopic (exact) mass is 315 g/mol. The Bertz CT molecular complexity index is 656. The smallest absolute Gasteiger partial charge is 0.326 e. The van der Waals surface area contributed by atoms with Crippen LogP contribution in [0.3, 0.4) is 0 Å². The molecule has 2 fully saturated rings. The molecule has 0 radical (unpaired) electrons. The Kier molecular flexibility index (Phi) is 3.51. The quantitative estimate of drug-likeness (QED) is 0.925. The zero-order valence-corrected chi connectivity index (χ0v) is 13.0. The lowest BCUT2D eigenvalue weighted by Gasteiger charge is -2.24. The first-order valence-corrected chi connectivity index (χ1v) is 8.40. The summed E-state index contributed by atoms with van der Waals surface area (Å²) in [6.45, 7) is 1.30. The van der Waals surface area contributed by atoms with E-state index in [1.165, 1.54) is 0 Å². The Morgan fingerprint density at radius 3 is 3.00 bits per heavy atom. The van der Waals surface area contributed by atoms with Crippen LogP contribution < -0.4 is 4.74 Å². The zero-order valence-electron chi connectivity index (χ0n) is 13.0. The van der Waals surface area contributed by atoms with E-state index in [1.807, 2.05) is 18.2 Å². The fourth-order valence-corrected chi connectivity index (χ4v) is 4.50. The van der Waals surface area contributed by atoms with Crippen LogP contribution in [0.1, 0.15) is 30.4 Å². The largest absolute Gasteiger partial charge is 0.493 e. The Morgan fingerprint density at radius 2 is 2.17 bits per heavy atom. The Hall–Kier alpha value is -2.04. The molecule has 1 saturated heterocycles. The summed E-state index contributed by atoms with van der Waals surface area (Å²) in [5.74, 6) is 0.499. The van der Waals surface area contributed by atoms with E-state index in [2.05, 4.69) is 0 Å². The molecule has 3 aliphatic rings. The molecule has 1 aliphatic carbocycles. The van der Waals surface area contributed by atoms with Crippen molar-refractivity contribution in [2.45, 2.75) is 38.1 Å².